The van der Waals surface area contributed by atoms with Crippen LogP contribution in [0.2, 0.25) is 0 Å². The molecule has 27 heavy (non-hydrogen) atoms. The van der Waals surface area contributed by atoms with Crippen molar-refractivity contribution in [2.75, 3.05) is 31.1 Å². The molecule has 0 aliphatic carbocycles. The van der Waals surface area contributed by atoms with E-state index in [0.717, 1.165) is 26.1 Å². The van der Waals surface area contributed by atoms with Gasteiger partial charge in [-0.3, -0.25) is 9.36 Å². The lowest BCUT2D eigenvalue weighted by Gasteiger charge is -2.25. The second kappa shape index (κ2) is 7.57. The number of amides is 1. The third-order valence-electron chi connectivity index (χ3n) is 4.92. The van der Waals surface area contributed by atoms with E-state index in [1.807, 2.05) is 17.0 Å². The summed E-state index contributed by atoms with van der Waals surface area (Å²) >= 11 is 0. The Balaban J connectivity index is 1.44. The number of benzene rings is 1. The van der Waals surface area contributed by atoms with E-state index < -0.39 is 0 Å². The first-order valence-corrected chi connectivity index (χ1v) is 9.13. The van der Waals surface area contributed by atoms with Crippen LogP contribution >= 0.6 is 0 Å². The number of hydrogen-bond donors (Lipinski definition) is 0. The van der Waals surface area contributed by atoms with Crippen molar-refractivity contribution in [1.82, 2.24) is 24.6 Å². The first kappa shape index (κ1) is 17.2. The molecule has 0 bridgehead atoms. The minimum atomic E-state index is 0.0319. The predicted molar refractivity (Wildman–Crippen MR) is 103 cm³/mol. The Morgan fingerprint density at radius 3 is 2.52 bits per heavy atom. The maximum absolute atomic E-state index is 12.9. The number of carbonyl (C=O) groups is 1. The van der Waals surface area contributed by atoms with E-state index in [4.69, 9.17) is 0 Å². The van der Waals surface area contributed by atoms with Crippen LogP contribution in [0.25, 0.3) is 5.82 Å². The summed E-state index contributed by atoms with van der Waals surface area (Å²) in [4.78, 5) is 21.6. The van der Waals surface area contributed by atoms with Crippen LogP contribution in [0.1, 0.15) is 22.3 Å². The largest absolute Gasteiger partial charge is 0.369 e. The van der Waals surface area contributed by atoms with Gasteiger partial charge >= 0.3 is 0 Å². The summed E-state index contributed by atoms with van der Waals surface area (Å²) in [6, 6.07) is 12.0. The van der Waals surface area contributed by atoms with Crippen molar-refractivity contribution >= 4 is 11.6 Å². The van der Waals surface area contributed by atoms with Gasteiger partial charge in [0.1, 0.15) is 18.5 Å². The first-order chi connectivity index (χ1) is 13.2. The second-order valence-corrected chi connectivity index (χ2v) is 6.69. The highest BCUT2D eigenvalue weighted by molar-refractivity contribution is 5.94. The van der Waals surface area contributed by atoms with E-state index >= 15 is 0 Å². The summed E-state index contributed by atoms with van der Waals surface area (Å²) in [5, 5.41) is 7.54. The Morgan fingerprint density at radius 1 is 0.963 bits per heavy atom. The first-order valence-electron chi connectivity index (χ1n) is 9.13. The zero-order valence-electron chi connectivity index (χ0n) is 15.3. The molecular weight excluding hydrogens is 340 g/mol. The van der Waals surface area contributed by atoms with Crippen molar-refractivity contribution in [3.63, 3.8) is 0 Å². The van der Waals surface area contributed by atoms with Gasteiger partial charge in [0.05, 0.1) is 5.56 Å². The van der Waals surface area contributed by atoms with Gasteiger partial charge in [-0.2, -0.15) is 0 Å². The SMILES string of the molecule is Cc1ccccc1N1CCCN(C(=O)c2ccc(-n3cnnc3)nc2)CC1. The fraction of sp³-hybridized carbons (Fsp3) is 0.300. The van der Waals surface area contributed by atoms with E-state index in [9.17, 15) is 4.79 Å². The second-order valence-electron chi connectivity index (χ2n) is 6.69. The molecule has 0 saturated carbocycles. The monoisotopic (exact) mass is 362 g/mol. The van der Waals surface area contributed by atoms with Crippen molar-refractivity contribution in [2.45, 2.75) is 13.3 Å². The van der Waals surface area contributed by atoms with Crippen molar-refractivity contribution < 1.29 is 4.79 Å². The highest BCUT2D eigenvalue weighted by Crippen LogP contribution is 2.21. The molecule has 1 saturated heterocycles. The molecule has 4 rings (SSSR count). The van der Waals surface area contributed by atoms with Crippen molar-refractivity contribution in [3.05, 3.63) is 66.4 Å². The molecule has 3 heterocycles. The van der Waals surface area contributed by atoms with Crippen LogP contribution < -0.4 is 4.90 Å². The highest BCUT2D eigenvalue weighted by Gasteiger charge is 2.21. The van der Waals surface area contributed by atoms with E-state index in [1.165, 1.54) is 11.3 Å². The number of aromatic nitrogens is 4. The van der Waals surface area contributed by atoms with Crippen molar-refractivity contribution in [1.29, 1.82) is 0 Å². The molecule has 1 amide bonds. The smallest absolute Gasteiger partial charge is 0.255 e. The standard InChI is InChI=1S/C20H22N6O/c1-16-5-2-3-6-18(16)24-9-4-10-25(12-11-24)20(27)17-7-8-19(21-13-17)26-14-22-23-15-26/h2-3,5-8,13-15H,4,9-12H2,1H3. The molecule has 1 aliphatic rings. The third kappa shape index (κ3) is 3.67. The number of rotatable bonds is 3. The highest BCUT2D eigenvalue weighted by atomic mass is 16.2. The minimum absolute atomic E-state index is 0.0319. The number of nitrogens with zero attached hydrogens (tertiary/aromatic N) is 6. The van der Waals surface area contributed by atoms with E-state index in [0.29, 0.717) is 17.9 Å². The van der Waals surface area contributed by atoms with Crippen LogP contribution in [0.3, 0.4) is 0 Å². The minimum Gasteiger partial charge on any atom is -0.369 e. The van der Waals surface area contributed by atoms with Gasteiger partial charge in [0.15, 0.2) is 0 Å². The zero-order chi connectivity index (χ0) is 18.6. The summed E-state index contributed by atoms with van der Waals surface area (Å²) in [5.74, 6) is 0.725. The van der Waals surface area contributed by atoms with Gasteiger partial charge in [0, 0.05) is 38.1 Å². The Morgan fingerprint density at radius 2 is 1.78 bits per heavy atom. The van der Waals surface area contributed by atoms with Gasteiger partial charge in [-0.1, -0.05) is 18.2 Å². The topological polar surface area (TPSA) is 67.2 Å². The van der Waals surface area contributed by atoms with Crippen molar-refractivity contribution in [2.24, 2.45) is 0 Å². The van der Waals surface area contributed by atoms with Crippen LogP contribution in [0.4, 0.5) is 5.69 Å². The van der Waals surface area contributed by atoms with E-state index in [2.05, 4.69) is 51.3 Å². The van der Waals surface area contributed by atoms with Gasteiger partial charge in [0.2, 0.25) is 0 Å². The van der Waals surface area contributed by atoms with Crippen LogP contribution in [0.5, 0.6) is 0 Å². The predicted octanol–water partition coefficient (Wildman–Crippen LogP) is 2.32. The number of pyridine rings is 1. The number of hydrogen-bond acceptors (Lipinski definition) is 5. The molecule has 7 nitrogen and oxygen atoms in total. The Bertz CT molecular complexity index is 906. The molecule has 1 aliphatic heterocycles. The fourth-order valence-corrected chi connectivity index (χ4v) is 3.45. The summed E-state index contributed by atoms with van der Waals surface area (Å²) in [7, 11) is 0. The summed E-state index contributed by atoms with van der Waals surface area (Å²) in [6.07, 6.45) is 5.74. The number of anilines is 1. The molecule has 0 radical (unpaired) electrons. The molecule has 7 heteroatoms. The molecule has 3 aromatic rings. The molecule has 0 unspecified atom stereocenters. The Labute approximate surface area is 158 Å². The van der Waals surface area contributed by atoms with E-state index in [1.54, 1.807) is 23.4 Å². The molecule has 138 valence electrons. The average molecular weight is 362 g/mol. The lowest BCUT2D eigenvalue weighted by molar-refractivity contribution is 0.0766. The summed E-state index contributed by atoms with van der Waals surface area (Å²) < 4.78 is 1.71. The third-order valence-corrected chi connectivity index (χ3v) is 4.92. The zero-order valence-corrected chi connectivity index (χ0v) is 15.3. The van der Waals surface area contributed by atoms with Crippen LogP contribution in [0.15, 0.2) is 55.2 Å². The van der Waals surface area contributed by atoms with Crippen LogP contribution in [0, 0.1) is 6.92 Å². The summed E-state index contributed by atoms with van der Waals surface area (Å²) in [5.41, 5.74) is 3.13. The van der Waals surface area contributed by atoms with Crippen LogP contribution in [-0.2, 0) is 0 Å². The van der Waals surface area contributed by atoms with Gasteiger partial charge in [-0.05, 0) is 37.1 Å². The van der Waals surface area contributed by atoms with Crippen LogP contribution in [-0.4, -0.2) is 56.7 Å². The molecule has 2 aromatic heterocycles. The average Bonchev–Trinajstić information content (AvgIpc) is 3.13. The lowest BCUT2D eigenvalue weighted by Crippen LogP contribution is -2.35. The quantitative estimate of drug-likeness (QED) is 0.715. The molecule has 0 N–H and O–H groups in total. The maximum Gasteiger partial charge on any atom is 0.255 e. The molecule has 1 fully saturated rings. The maximum atomic E-state index is 12.9. The molecular formula is C20H22N6O. The van der Waals surface area contributed by atoms with E-state index in [-0.39, 0.29) is 5.91 Å². The molecule has 0 spiro atoms. The number of para-hydroxylation sites is 1. The Hall–Kier alpha value is -3.22. The number of aryl methyl sites for hydroxylation is 1. The van der Waals surface area contributed by atoms with Gasteiger partial charge in [0.25, 0.3) is 5.91 Å². The normalized spacial score (nSPS) is 14.9. The lowest BCUT2D eigenvalue weighted by atomic mass is 10.2. The number of carbonyl (C=O) groups excluding carboxylic acids is 1. The fourth-order valence-electron chi connectivity index (χ4n) is 3.45. The van der Waals surface area contributed by atoms with Gasteiger partial charge in [-0.15, -0.1) is 10.2 Å². The van der Waals surface area contributed by atoms with Gasteiger partial charge in [-0.25, -0.2) is 4.98 Å². The molecule has 0 atom stereocenters. The molecule has 1 aromatic carbocycles. The Kier molecular flexibility index (Phi) is 4.82. The van der Waals surface area contributed by atoms with Crippen molar-refractivity contribution in [3.8, 4) is 5.82 Å². The summed E-state index contributed by atoms with van der Waals surface area (Å²) in [6.45, 7) is 5.39. The van der Waals surface area contributed by atoms with Gasteiger partial charge < -0.3 is 9.80 Å².